The molecular formula is C17H27NO3. The predicted octanol–water partition coefficient (Wildman–Crippen LogP) is 3.47. The van der Waals surface area contributed by atoms with Crippen molar-refractivity contribution in [2.24, 2.45) is 0 Å². The molecule has 0 aliphatic rings. The summed E-state index contributed by atoms with van der Waals surface area (Å²) in [6, 6.07) is 8.36. The van der Waals surface area contributed by atoms with Gasteiger partial charge >= 0.3 is 5.97 Å². The zero-order valence-electron chi connectivity index (χ0n) is 13.4. The summed E-state index contributed by atoms with van der Waals surface area (Å²) >= 11 is 0. The molecule has 0 heterocycles. The van der Waals surface area contributed by atoms with Crippen LogP contribution in [0.1, 0.15) is 51.1 Å². The molecule has 0 fully saturated rings. The molecular weight excluding hydrogens is 266 g/mol. The van der Waals surface area contributed by atoms with Crippen LogP contribution in [-0.4, -0.2) is 26.2 Å². The summed E-state index contributed by atoms with van der Waals surface area (Å²) < 4.78 is 10.8. The lowest BCUT2D eigenvalue weighted by molar-refractivity contribution is -0.143. The first-order valence-electron chi connectivity index (χ1n) is 7.73. The van der Waals surface area contributed by atoms with E-state index >= 15 is 0 Å². The van der Waals surface area contributed by atoms with Crippen molar-refractivity contribution >= 4 is 5.97 Å². The second-order valence-corrected chi connectivity index (χ2v) is 5.01. The maximum absolute atomic E-state index is 11.2. The Kier molecular flexibility index (Phi) is 8.51. The molecule has 1 rings (SSSR count). The third-order valence-corrected chi connectivity index (χ3v) is 3.41. The predicted molar refractivity (Wildman–Crippen MR) is 84.5 cm³/mol. The van der Waals surface area contributed by atoms with Gasteiger partial charge in [-0.1, -0.05) is 18.2 Å². The van der Waals surface area contributed by atoms with Crippen LogP contribution in [0.15, 0.2) is 24.3 Å². The van der Waals surface area contributed by atoms with E-state index in [1.54, 1.807) is 0 Å². The van der Waals surface area contributed by atoms with Gasteiger partial charge in [0.1, 0.15) is 5.75 Å². The third-order valence-electron chi connectivity index (χ3n) is 3.41. The Bertz CT molecular complexity index is 420. The minimum Gasteiger partial charge on any atom is -0.493 e. The van der Waals surface area contributed by atoms with Gasteiger partial charge in [0.15, 0.2) is 0 Å². The van der Waals surface area contributed by atoms with Crippen LogP contribution in [0.5, 0.6) is 5.75 Å². The lowest BCUT2D eigenvalue weighted by Crippen LogP contribution is -2.14. The molecule has 0 aliphatic heterocycles. The summed E-state index contributed by atoms with van der Waals surface area (Å²) in [5.41, 5.74) is 1.17. The number of nitrogens with one attached hydrogen (secondary N) is 1. The smallest absolute Gasteiger partial charge is 0.305 e. The van der Waals surface area contributed by atoms with E-state index in [2.05, 4.69) is 18.3 Å². The summed E-state index contributed by atoms with van der Waals surface area (Å²) in [6.07, 6.45) is 3.28. The Labute approximate surface area is 127 Å². The van der Waals surface area contributed by atoms with Gasteiger partial charge in [0.25, 0.3) is 0 Å². The third kappa shape index (κ3) is 6.63. The molecule has 4 heteroatoms. The topological polar surface area (TPSA) is 47.6 Å². The average Bonchev–Trinajstić information content (AvgIpc) is 2.50. The van der Waals surface area contributed by atoms with Crippen LogP contribution in [0.3, 0.4) is 0 Å². The van der Waals surface area contributed by atoms with E-state index in [9.17, 15) is 4.79 Å². The largest absolute Gasteiger partial charge is 0.493 e. The van der Waals surface area contributed by atoms with Gasteiger partial charge in [-0.15, -0.1) is 0 Å². The van der Waals surface area contributed by atoms with E-state index in [-0.39, 0.29) is 12.0 Å². The highest BCUT2D eigenvalue weighted by atomic mass is 16.5. The number of benzene rings is 1. The number of hydrogen-bond acceptors (Lipinski definition) is 4. The van der Waals surface area contributed by atoms with Crippen LogP contribution in [0.25, 0.3) is 0 Å². The number of rotatable bonds is 10. The van der Waals surface area contributed by atoms with Crippen molar-refractivity contribution in [1.82, 2.24) is 5.32 Å². The molecule has 0 aromatic heterocycles. The number of hydrogen-bond donors (Lipinski definition) is 1. The van der Waals surface area contributed by atoms with Gasteiger partial charge in [-0.3, -0.25) is 4.79 Å². The fourth-order valence-corrected chi connectivity index (χ4v) is 2.09. The average molecular weight is 293 g/mol. The molecule has 1 aromatic rings. The summed E-state index contributed by atoms with van der Waals surface area (Å²) in [4.78, 5) is 11.2. The molecule has 1 unspecified atom stereocenters. The Morgan fingerprint density at radius 1 is 1.24 bits per heavy atom. The van der Waals surface area contributed by atoms with Crippen molar-refractivity contribution in [3.8, 4) is 5.75 Å². The van der Waals surface area contributed by atoms with Crippen LogP contribution in [0, 0.1) is 0 Å². The molecule has 0 spiro atoms. The molecule has 4 nitrogen and oxygen atoms in total. The minimum atomic E-state index is -0.105. The molecule has 0 saturated heterocycles. The highest BCUT2D eigenvalue weighted by Gasteiger charge is 2.08. The van der Waals surface area contributed by atoms with Crippen molar-refractivity contribution in [2.45, 2.75) is 45.6 Å². The number of unbranched alkanes of at least 4 members (excludes halogenated alkanes) is 2. The SMILES string of the molecule is CCOC(=O)CCCCCOc1ccccc1C(C)NC. The summed E-state index contributed by atoms with van der Waals surface area (Å²) in [5, 5.41) is 3.23. The fraction of sp³-hybridized carbons (Fsp3) is 0.588. The van der Waals surface area contributed by atoms with Crippen LogP contribution < -0.4 is 10.1 Å². The Balaban J connectivity index is 2.25. The van der Waals surface area contributed by atoms with E-state index in [1.807, 2.05) is 32.2 Å². The van der Waals surface area contributed by atoms with Crippen molar-refractivity contribution in [1.29, 1.82) is 0 Å². The minimum absolute atomic E-state index is 0.105. The van der Waals surface area contributed by atoms with Crippen LogP contribution >= 0.6 is 0 Å². The Morgan fingerprint density at radius 2 is 2.00 bits per heavy atom. The Morgan fingerprint density at radius 3 is 2.71 bits per heavy atom. The van der Waals surface area contributed by atoms with Gasteiger partial charge in [-0.25, -0.2) is 0 Å². The fourth-order valence-electron chi connectivity index (χ4n) is 2.09. The zero-order chi connectivity index (χ0) is 15.5. The molecule has 0 saturated carbocycles. The van der Waals surface area contributed by atoms with Gasteiger partial charge in [0.05, 0.1) is 13.2 Å². The normalized spacial score (nSPS) is 12.0. The first-order chi connectivity index (χ1) is 10.2. The van der Waals surface area contributed by atoms with E-state index in [0.29, 0.717) is 19.6 Å². The molecule has 1 N–H and O–H groups in total. The summed E-state index contributed by atoms with van der Waals surface area (Å²) in [6.45, 7) is 5.08. The maximum Gasteiger partial charge on any atom is 0.305 e. The lowest BCUT2D eigenvalue weighted by atomic mass is 10.1. The summed E-state index contributed by atoms with van der Waals surface area (Å²) in [5.74, 6) is 0.830. The molecule has 118 valence electrons. The van der Waals surface area contributed by atoms with Crippen molar-refractivity contribution in [3.05, 3.63) is 29.8 Å². The molecule has 0 radical (unpaired) electrons. The number of esters is 1. The highest BCUT2D eigenvalue weighted by Crippen LogP contribution is 2.24. The van der Waals surface area contributed by atoms with E-state index in [1.165, 1.54) is 5.56 Å². The van der Waals surface area contributed by atoms with E-state index in [4.69, 9.17) is 9.47 Å². The van der Waals surface area contributed by atoms with Crippen LogP contribution in [0.4, 0.5) is 0 Å². The molecule has 21 heavy (non-hydrogen) atoms. The second kappa shape index (κ2) is 10.2. The number of para-hydroxylation sites is 1. The highest BCUT2D eigenvalue weighted by molar-refractivity contribution is 5.69. The number of ether oxygens (including phenoxy) is 2. The number of carbonyl (C=O) groups is 1. The monoisotopic (exact) mass is 293 g/mol. The standard InChI is InChI=1S/C17H27NO3/c1-4-20-17(19)12-6-5-9-13-21-16-11-8-7-10-15(16)14(2)18-3/h7-8,10-11,14,18H,4-6,9,12-13H2,1-3H3. The molecule has 0 aliphatic carbocycles. The van der Waals surface area contributed by atoms with E-state index < -0.39 is 0 Å². The Hall–Kier alpha value is -1.55. The molecule has 0 amide bonds. The van der Waals surface area contributed by atoms with Gasteiger partial charge in [-0.2, -0.15) is 0 Å². The quantitative estimate of drug-likeness (QED) is 0.530. The van der Waals surface area contributed by atoms with Gasteiger partial charge < -0.3 is 14.8 Å². The maximum atomic E-state index is 11.2. The molecule has 1 atom stereocenters. The second-order valence-electron chi connectivity index (χ2n) is 5.01. The van der Waals surface area contributed by atoms with Crippen LogP contribution in [-0.2, 0) is 9.53 Å². The van der Waals surface area contributed by atoms with E-state index in [0.717, 1.165) is 25.0 Å². The lowest BCUT2D eigenvalue weighted by Gasteiger charge is -2.16. The van der Waals surface area contributed by atoms with Gasteiger partial charge in [-0.05, 0) is 46.2 Å². The first-order valence-corrected chi connectivity index (χ1v) is 7.73. The molecule has 0 bridgehead atoms. The van der Waals surface area contributed by atoms with Crippen LogP contribution in [0.2, 0.25) is 0 Å². The van der Waals surface area contributed by atoms with Crippen molar-refractivity contribution < 1.29 is 14.3 Å². The van der Waals surface area contributed by atoms with Crippen molar-refractivity contribution in [2.75, 3.05) is 20.3 Å². The molecule has 1 aromatic carbocycles. The van der Waals surface area contributed by atoms with Gasteiger partial charge in [0.2, 0.25) is 0 Å². The van der Waals surface area contributed by atoms with Crippen molar-refractivity contribution in [3.63, 3.8) is 0 Å². The van der Waals surface area contributed by atoms with Gasteiger partial charge in [0, 0.05) is 18.0 Å². The first kappa shape index (κ1) is 17.5. The zero-order valence-corrected chi connectivity index (χ0v) is 13.4. The number of carbonyl (C=O) groups excluding carboxylic acids is 1. The summed E-state index contributed by atoms with van der Waals surface area (Å²) in [7, 11) is 1.94.